The van der Waals surface area contributed by atoms with Crippen molar-refractivity contribution >= 4 is 23.0 Å². The van der Waals surface area contributed by atoms with Gasteiger partial charge in [0.2, 0.25) is 0 Å². The molecular weight excluding hydrogens is 292 g/mol. The summed E-state index contributed by atoms with van der Waals surface area (Å²) >= 11 is 5.96. The van der Waals surface area contributed by atoms with E-state index in [2.05, 4.69) is 10.4 Å². The van der Waals surface area contributed by atoms with Crippen LogP contribution in [0.5, 0.6) is 0 Å². The Hall–Kier alpha value is -2.08. The average Bonchev–Trinajstić information content (AvgIpc) is 2.75. The number of nitrogens with zero attached hydrogens (tertiary/aromatic N) is 3. The van der Waals surface area contributed by atoms with Gasteiger partial charge in [0.05, 0.1) is 22.2 Å². The van der Waals surface area contributed by atoms with Crippen LogP contribution in [0.1, 0.15) is 24.6 Å². The van der Waals surface area contributed by atoms with Gasteiger partial charge in [-0.3, -0.25) is 14.8 Å². The first-order valence-corrected chi connectivity index (χ1v) is 7.09. The molecule has 0 bridgehead atoms. The zero-order valence-electron chi connectivity index (χ0n) is 12.0. The summed E-state index contributed by atoms with van der Waals surface area (Å²) in [6.45, 7) is 4.98. The number of nitro benzene ring substituents is 1. The van der Waals surface area contributed by atoms with Crippen LogP contribution in [0.15, 0.2) is 24.4 Å². The summed E-state index contributed by atoms with van der Waals surface area (Å²) in [5, 5.41) is 19.1. The van der Waals surface area contributed by atoms with Gasteiger partial charge in [0.25, 0.3) is 5.69 Å². The molecule has 1 aromatic carbocycles. The molecule has 0 fully saturated rings. The lowest BCUT2D eigenvalue weighted by Crippen LogP contribution is -2.05. The number of rotatable bonds is 6. The topological polar surface area (TPSA) is 73.0 Å². The predicted molar refractivity (Wildman–Crippen MR) is 83.0 cm³/mol. The highest BCUT2D eigenvalue weighted by Gasteiger charge is 2.14. The van der Waals surface area contributed by atoms with Crippen LogP contribution in [-0.4, -0.2) is 21.2 Å². The van der Waals surface area contributed by atoms with Crippen molar-refractivity contribution in [2.45, 2.75) is 26.8 Å². The van der Waals surface area contributed by atoms with Crippen molar-refractivity contribution in [3.8, 4) is 0 Å². The van der Waals surface area contributed by atoms with Gasteiger partial charge < -0.3 is 5.32 Å². The van der Waals surface area contributed by atoms with Crippen molar-refractivity contribution in [2.24, 2.45) is 0 Å². The zero-order chi connectivity index (χ0) is 15.4. The minimum atomic E-state index is -0.372. The second kappa shape index (κ2) is 6.58. The molecule has 0 amide bonds. The molecule has 1 heterocycles. The van der Waals surface area contributed by atoms with Crippen LogP contribution >= 0.6 is 11.6 Å². The number of benzene rings is 1. The van der Waals surface area contributed by atoms with Crippen LogP contribution in [0.25, 0.3) is 0 Å². The van der Waals surface area contributed by atoms with Gasteiger partial charge in [0.1, 0.15) is 5.69 Å². The van der Waals surface area contributed by atoms with Crippen molar-refractivity contribution < 1.29 is 4.92 Å². The quantitative estimate of drug-likeness (QED) is 0.653. The van der Waals surface area contributed by atoms with E-state index < -0.39 is 0 Å². The normalized spacial score (nSPS) is 10.6. The first kappa shape index (κ1) is 15.3. The molecular formula is C14H17ClN4O2. The molecule has 0 unspecified atom stereocenters. The van der Waals surface area contributed by atoms with Crippen molar-refractivity contribution in [1.29, 1.82) is 0 Å². The summed E-state index contributed by atoms with van der Waals surface area (Å²) < 4.78 is 1.68. The molecule has 112 valence electrons. The highest BCUT2D eigenvalue weighted by molar-refractivity contribution is 6.31. The van der Waals surface area contributed by atoms with E-state index in [4.69, 9.17) is 11.6 Å². The van der Waals surface area contributed by atoms with Crippen LogP contribution in [0, 0.1) is 17.0 Å². The monoisotopic (exact) mass is 308 g/mol. The lowest BCUT2D eigenvalue weighted by atomic mass is 10.1. The Labute approximate surface area is 127 Å². The molecule has 2 rings (SSSR count). The van der Waals surface area contributed by atoms with Gasteiger partial charge in [-0.25, -0.2) is 0 Å². The molecule has 0 aliphatic rings. The molecule has 0 atom stereocenters. The molecule has 2 aromatic rings. The number of nitro groups is 1. The maximum Gasteiger partial charge on any atom is 0.292 e. The third-order valence-corrected chi connectivity index (χ3v) is 3.43. The fraction of sp³-hybridized carbons (Fsp3) is 0.357. The molecule has 0 saturated carbocycles. The maximum absolute atomic E-state index is 11.2. The van der Waals surface area contributed by atoms with Gasteiger partial charge >= 0.3 is 0 Å². The van der Waals surface area contributed by atoms with Crippen molar-refractivity contribution in [3.63, 3.8) is 0 Å². The van der Waals surface area contributed by atoms with Gasteiger partial charge in [0, 0.05) is 18.8 Å². The molecule has 1 N–H and O–H groups in total. The fourth-order valence-corrected chi connectivity index (χ4v) is 2.15. The molecule has 0 aliphatic heterocycles. The smallest absolute Gasteiger partial charge is 0.292 e. The van der Waals surface area contributed by atoms with E-state index in [1.54, 1.807) is 23.0 Å². The summed E-state index contributed by atoms with van der Waals surface area (Å²) in [5.41, 5.74) is 2.17. The highest BCUT2D eigenvalue weighted by Crippen LogP contribution is 2.26. The third-order valence-electron chi connectivity index (χ3n) is 3.06. The van der Waals surface area contributed by atoms with E-state index in [0.717, 1.165) is 17.7 Å². The molecule has 0 saturated heterocycles. The highest BCUT2D eigenvalue weighted by atomic mass is 35.5. The number of aromatic nitrogens is 2. The van der Waals surface area contributed by atoms with Gasteiger partial charge in [-0.2, -0.15) is 5.10 Å². The fourth-order valence-electron chi connectivity index (χ4n) is 2.00. The van der Waals surface area contributed by atoms with Crippen molar-refractivity contribution in [1.82, 2.24) is 9.78 Å². The summed E-state index contributed by atoms with van der Waals surface area (Å²) in [7, 11) is 0. The average molecular weight is 309 g/mol. The summed E-state index contributed by atoms with van der Waals surface area (Å²) in [6, 6.07) is 5.17. The molecule has 0 aliphatic carbocycles. The Bertz CT molecular complexity index is 635. The van der Waals surface area contributed by atoms with Crippen molar-refractivity contribution in [3.05, 3.63) is 50.8 Å². The van der Waals surface area contributed by atoms with E-state index in [9.17, 15) is 10.1 Å². The molecule has 6 nitrogen and oxygen atoms in total. The number of anilines is 1. The van der Waals surface area contributed by atoms with Crippen LogP contribution in [0.2, 0.25) is 5.02 Å². The minimum Gasteiger partial charge on any atom is -0.380 e. The first-order valence-electron chi connectivity index (χ1n) is 6.72. The lowest BCUT2D eigenvalue weighted by Gasteiger charge is -2.08. The van der Waals surface area contributed by atoms with E-state index in [0.29, 0.717) is 23.8 Å². The van der Waals surface area contributed by atoms with E-state index in [1.807, 2.05) is 19.9 Å². The Morgan fingerprint density at radius 3 is 2.81 bits per heavy atom. The number of nitrogens with one attached hydrogen (secondary N) is 1. The second-order valence-corrected chi connectivity index (χ2v) is 5.20. The standard InChI is InChI=1S/C14H17ClN4O2/c1-3-6-16-13-5-4-11(7-14(13)19(20)21)8-18-9-12(15)10(2)17-18/h4-5,7,9,16H,3,6,8H2,1-2H3. The van der Waals surface area contributed by atoms with E-state index >= 15 is 0 Å². The Morgan fingerprint density at radius 1 is 1.48 bits per heavy atom. The van der Waals surface area contributed by atoms with Crippen LogP contribution < -0.4 is 5.32 Å². The predicted octanol–water partition coefficient (Wildman–Crippen LogP) is 3.62. The van der Waals surface area contributed by atoms with Crippen molar-refractivity contribution in [2.75, 3.05) is 11.9 Å². The Balaban J connectivity index is 2.24. The molecule has 0 spiro atoms. The number of hydrogen-bond donors (Lipinski definition) is 1. The molecule has 0 radical (unpaired) electrons. The lowest BCUT2D eigenvalue weighted by molar-refractivity contribution is -0.384. The van der Waals surface area contributed by atoms with Gasteiger partial charge in [0.15, 0.2) is 0 Å². The summed E-state index contributed by atoms with van der Waals surface area (Å²) in [5.74, 6) is 0. The van der Waals surface area contributed by atoms with Gasteiger partial charge in [-0.05, 0) is 25.0 Å². The Morgan fingerprint density at radius 2 is 2.24 bits per heavy atom. The number of aryl methyl sites for hydroxylation is 1. The van der Waals surface area contributed by atoms with E-state index in [-0.39, 0.29) is 10.6 Å². The minimum absolute atomic E-state index is 0.0796. The molecule has 21 heavy (non-hydrogen) atoms. The first-order chi connectivity index (χ1) is 10.0. The number of halogens is 1. The third kappa shape index (κ3) is 3.72. The second-order valence-electron chi connectivity index (χ2n) is 4.80. The largest absolute Gasteiger partial charge is 0.380 e. The summed E-state index contributed by atoms with van der Waals surface area (Å²) in [4.78, 5) is 10.8. The number of hydrogen-bond acceptors (Lipinski definition) is 4. The van der Waals surface area contributed by atoms with Gasteiger partial charge in [-0.1, -0.05) is 24.6 Å². The molecule has 7 heteroatoms. The Kier molecular flexibility index (Phi) is 4.80. The van der Waals surface area contributed by atoms with Crippen LogP contribution in [0.3, 0.4) is 0 Å². The summed E-state index contributed by atoms with van der Waals surface area (Å²) in [6.07, 6.45) is 2.62. The maximum atomic E-state index is 11.2. The van der Waals surface area contributed by atoms with E-state index in [1.165, 1.54) is 0 Å². The zero-order valence-corrected chi connectivity index (χ0v) is 12.7. The SMILES string of the molecule is CCCNc1ccc(Cn2cc(Cl)c(C)n2)cc1[N+](=O)[O-]. The van der Waals surface area contributed by atoms with Crippen LogP contribution in [0.4, 0.5) is 11.4 Å². The van der Waals surface area contributed by atoms with Crippen LogP contribution in [-0.2, 0) is 6.54 Å². The van der Waals surface area contributed by atoms with Gasteiger partial charge in [-0.15, -0.1) is 0 Å². The molecule has 1 aromatic heterocycles.